The highest BCUT2D eigenvalue weighted by Gasteiger charge is 2.24. The number of nitrogens with zero attached hydrogens (tertiary/aromatic N) is 2. The lowest BCUT2D eigenvalue weighted by atomic mass is 9.96. The maximum Gasteiger partial charge on any atom is 0.243 e. The average Bonchev–Trinajstić information content (AvgIpc) is 2.69. The van der Waals surface area contributed by atoms with E-state index in [1.54, 1.807) is 0 Å². The Morgan fingerprint density at radius 1 is 1.12 bits per heavy atom. The predicted octanol–water partition coefficient (Wildman–Crippen LogP) is 4.20. The number of nitrogens with one attached hydrogen (secondary N) is 1. The van der Waals surface area contributed by atoms with Gasteiger partial charge >= 0.3 is 0 Å². The Balaban J connectivity index is 1.47. The second-order valence-electron chi connectivity index (χ2n) is 6.72. The van der Waals surface area contributed by atoms with E-state index in [0.29, 0.717) is 0 Å². The molecular weight excluding hydrogens is 390 g/mol. The lowest BCUT2D eigenvalue weighted by molar-refractivity contribution is -0.126. The van der Waals surface area contributed by atoms with Gasteiger partial charge in [0.05, 0.1) is 5.71 Å². The van der Waals surface area contributed by atoms with E-state index in [9.17, 15) is 4.79 Å². The molecule has 2 aromatic rings. The van der Waals surface area contributed by atoms with Crippen molar-refractivity contribution in [2.45, 2.75) is 26.3 Å². The molecule has 1 fully saturated rings. The lowest BCUT2D eigenvalue weighted by Crippen LogP contribution is -2.39. The van der Waals surface area contributed by atoms with Gasteiger partial charge in [0.25, 0.3) is 0 Å². The molecule has 0 aliphatic carbocycles. The van der Waals surface area contributed by atoms with Crippen LogP contribution in [0.5, 0.6) is 0 Å². The van der Waals surface area contributed by atoms with Crippen molar-refractivity contribution in [2.24, 2.45) is 11.0 Å². The number of likely N-dealkylation sites (tertiary alicyclic amines) is 1. The average molecular weight is 414 g/mol. The van der Waals surface area contributed by atoms with Crippen LogP contribution in [0.25, 0.3) is 0 Å². The third-order valence-electron chi connectivity index (χ3n) is 4.80. The molecule has 0 aromatic heterocycles. The number of hydrogen-bond acceptors (Lipinski definition) is 3. The molecule has 26 heavy (non-hydrogen) atoms. The molecule has 3 rings (SSSR count). The van der Waals surface area contributed by atoms with Crippen molar-refractivity contribution in [1.29, 1.82) is 0 Å². The number of benzene rings is 2. The summed E-state index contributed by atoms with van der Waals surface area (Å²) in [4.78, 5) is 14.8. The van der Waals surface area contributed by atoms with Gasteiger partial charge in [-0.25, -0.2) is 5.43 Å². The number of carbonyl (C=O) groups excluding carboxylic acids is 1. The molecule has 0 atom stereocenters. The van der Waals surface area contributed by atoms with E-state index in [4.69, 9.17) is 0 Å². The highest BCUT2D eigenvalue weighted by Crippen LogP contribution is 2.20. The van der Waals surface area contributed by atoms with E-state index in [1.807, 2.05) is 37.3 Å². The maximum absolute atomic E-state index is 12.4. The predicted molar refractivity (Wildman–Crippen MR) is 109 cm³/mol. The Bertz CT molecular complexity index is 751. The lowest BCUT2D eigenvalue weighted by Gasteiger charge is -2.30. The van der Waals surface area contributed by atoms with Crippen LogP contribution >= 0.6 is 15.9 Å². The molecule has 1 saturated heterocycles. The van der Waals surface area contributed by atoms with Crippen LogP contribution in [-0.4, -0.2) is 29.6 Å². The summed E-state index contributed by atoms with van der Waals surface area (Å²) < 4.78 is 1.10. The fraction of sp³-hybridized carbons (Fsp3) is 0.333. The van der Waals surface area contributed by atoms with E-state index < -0.39 is 0 Å². The van der Waals surface area contributed by atoms with Crippen molar-refractivity contribution in [3.05, 3.63) is 70.2 Å². The first kappa shape index (κ1) is 18.8. The van der Waals surface area contributed by atoms with Gasteiger partial charge in [0, 0.05) is 16.9 Å². The number of piperidine rings is 1. The van der Waals surface area contributed by atoms with Crippen LogP contribution in [0, 0.1) is 5.92 Å². The normalized spacial score (nSPS) is 16.5. The van der Waals surface area contributed by atoms with Gasteiger partial charge < -0.3 is 0 Å². The Labute approximate surface area is 163 Å². The van der Waals surface area contributed by atoms with Crippen molar-refractivity contribution in [3.8, 4) is 0 Å². The topological polar surface area (TPSA) is 44.7 Å². The van der Waals surface area contributed by atoms with Crippen LogP contribution in [0.1, 0.15) is 30.9 Å². The molecule has 4 nitrogen and oxygen atoms in total. The van der Waals surface area contributed by atoms with Gasteiger partial charge in [-0.15, -0.1) is 0 Å². The van der Waals surface area contributed by atoms with Gasteiger partial charge in [0.1, 0.15) is 0 Å². The minimum Gasteiger partial charge on any atom is -0.299 e. The van der Waals surface area contributed by atoms with Crippen LogP contribution in [-0.2, 0) is 11.3 Å². The zero-order valence-corrected chi connectivity index (χ0v) is 16.6. The molecule has 0 saturated carbocycles. The molecular formula is C21H24BrN3O. The van der Waals surface area contributed by atoms with Gasteiger partial charge in [0.2, 0.25) is 5.91 Å². The quantitative estimate of drug-likeness (QED) is 0.589. The zero-order chi connectivity index (χ0) is 18.4. The molecule has 136 valence electrons. The number of hydrazone groups is 1. The highest BCUT2D eigenvalue weighted by atomic mass is 79.9. The molecule has 0 spiro atoms. The van der Waals surface area contributed by atoms with Gasteiger partial charge in [-0.3, -0.25) is 9.69 Å². The summed E-state index contributed by atoms with van der Waals surface area (Å²) in [5.74, 6) is 0.0760. The minimum atomic E-state index is 0.0311. The molecule has 0 radical (unpaired) electrons. The fourth-order valence-corrected chi connectivity index (χ4v) is 3.44. The number of amides is 1. The number of halogens is 1. The highest BCUT2D eigenvalue weighted by molar-refractivity contribution is 9.10. The standard InChI is InChI=1S/C21H24BrN3O/c1-16(18-5-3-2-4-6-18)23-24-21(26)19-11-13-25(14-12-19)15-17-7-9-20(22)10-8-17/h2-10,19H,11-15H2,1H3,(H,24,26)/b23-16+. The smallest absolute Gasteiger partial charge is 0.243 e. The summed E-state index contributed by atoms with van der Waals surface area (Å²) in [6.45, 7) is 4.73. The molecule has 1 heterocycles. The summed E-state index contributed by atoms with van der Waals surface area (Å²) in [5.41, 5.74) is 5.90. The van der Waals surface area contributed by atoms with Gasteiger partial charge in [-0.2, -0.15) is 5.10 Å². The van der Waals surface area contributed by atoms with E-state index in [1.165, 1.54) is 5.56 Å². The Morgan fingerprint density at radius 3 is 2.42 bits per heavy atom. The molecule has 1 amide bonds. The third kappa shape index (κ3) is 5.26. The fourth-order valence-electron chi connectivity index (χ4n) is 3.18. The van der Waals surface area contributed by atoms with Gasteiger partial charge in [-0.05, 0) is 56.1 Å². The zero-order valence-electron chi connectivity index (χ0n) is 15.0. The molecule has 5 heteroatoms. The van der Waals surface area contributed by atoms with Crippen molar-refractivity contribution in [3.63, 3.8) is 0 Å². The van der Waals surface area contributed by atoms with Crippen LogP contribution in [0.4, 0.5) is 0 Å². The summed E-state index contributed by atoms with van der Waals surface area (Å²) in [6, 6.07) is 18.3. The minimum absolute atomic E-state index is 0.0311. The van der Waals surface area contributed by atoms with Crippen LogP contribution in [0.2, 0.25) is 0 Å². The largest absolute Gasteiger partial charge is 0.299 e. The second-order valence-corrected chi connectivity index (χ2v) is 7.63. The van der Waals surface area contributed by atoms with E-state index in [-0.39, 0.29) is 11.8 Å². The van der Waals surface area contributed by atoms with Crippen LogP contribution in [0.15, 0.2) is 64.2 Å². The van der Waals surface area contributed by atoms with Crippen molar-refractivity contribution in [2.75, 3.05) is 13.1 Å². The number of rotatable bonds is 5. The molecule has 1 N–H and O–H groups in total. The van der Waals surface area contributed by atoms with Crippen molar-refractivity contribution < 1.29 is 4.79 Å². The molecule has 0 bridgehead atoms. The van der Waals surface area contributed by atoms with E-state index >= 15 is 0 Å². The first-order chi connectivity index (χ1) is 12.6. The van der Waals surface area contributed by atoms with Crippen molar-refractivity contribution >= 4 is 27.5 Å². The first-order valence-corrected chi connectivity index (χ1v) is 9.77. The molecule has 2 aromatic carbocycles. The summed E-state index contributed by atoms with van der Waals surface area (Å²) >= 11 is 3.47. The molecule has 1 aliphatic rings. The SMILES string of the molecule is C/C(=N\NC(=O)C1CCN(Cc2ccc(Br)cc2)CC1)c1ccccc1. The first-order valence-electron chi connectivity index (χ1n) is 8.98. The van der Waals surface area contributed by atoms with E-state index in [2.05, 4.69) is 55.6 Å². The Kier molecular flexibility index (Phi) is 6.58. The summed E-state index contributed by atoms with van der Waals surface area (Å²) in [5, 5.41) is 4.26. The number of hydrogen-bond donors (Lipinski definition) is 1. The summed E-state index contributed by atoms with van der Waals surface area (Å²) in [7, 11) is 0. The van der Waals surface area contributed by atoms with Gasteiger partial charge in [0.15, 0.2) is 0 Å². The van der Waals surface area contributed by atoms with Crippen molar-refractivity contribution in [1.82, 2.24) is 10.3 Å². The Hall–Kier alpha value is -1.98. The third-order valence-corrected chi connectivity index (χ3v) is 5.33. The van der Waals surface area contributed by atoms with Gasteiger partial charge in [-0.1, -0.05) is 58.4 Å². The maximum atomic E-state index is 12.4. The second kappa shape index (κ2) is 9.10. The monoisotopic (exact) mass is 413 g/mol. The number of carbonyl (C=O) groups is 1. The molecule has 0 unspecified atom stereocenters. The molecule has 1 aliphatic heterocycles. The summed E-state index contributed by atoms with van der Waals surface area (Å²) in [6.07, 6.45) is 1.75. The van der Waals surface area contributed by atoms with Crippen LogP contribution < -0.4 is 5.43 Å². The Morgan fingerprint density at radius 2 is 1.77 bits per heavy atom. The van der Waals surface area contributed by atoms with E-state index in [0.717, 1.165) is 48.2 Å². The van der Waals surface area contributed by atoms with Crippen LogP contribution in [0.3, 0.4) is 0 Å².